The van der Waals surface area contributed by atoms with Crippen molar-refractivity contribution in [1.29, 1.82) is 0 Å². The number of methoxy groups -OCH3 is 1. The van der Waals surface area contributed by atoms with Gasteiger partial charge in [-0.2, -0.15) is 13.2 Å². The van der Waals surface area contributed by atoms with Gasteiger partial charge < -0.3 is 9.47 Å². The van der Waals surface area contributed by atoms with Gasteiger partial charge in [-0.3, -0.25) is 14.3 Å². The Balaban J connectivity index is 1.73. The third kappa shape index (κ3) is 7.16. The second-order valence-corrected chi connectivity index (χ2v) is 10.2. The molecule has 0 spiro atoms. The van der Waals surface area contributed by atoms with E-state index in [-0.39, 0.29) is 30.3 Å². The summed E-state index contributed by atoms with van der Waals surface area (Å²) in [5, 5.41) is 0.495. The molecule has 0 atom stereocenters. The van der Waals surface area contributed by atoms with Crippen LogP contribution in [-0.4, -0.2) is 32.2 Å². The number of halogens is 4. The van der Waals surface area contributed by atoms with E-state index in [0.29, 0.717) is 16.3 Å². The van der Waals surface area contributed by atoms with Gasteiger partial charge in [0.15, 0.2) is 0 Å². The van der Waals surface area contributed by atoms with E-state index < -0.39 is 34.5 Å². The van der Waals surface area contributed by atoms with Crippen molar-refractivity contribution in [2.24, 2.45) is 10.4 Å². The largest absolute Gasteiger partial charge is 0.469 e. The molecule has 0 fully saturated rings. The molecule has 0 saturated heterocycles. The van der Waals surface area contributed by atoms with Gasteiger partial charge in [-0.25, -0.2) is 24.1 Å². The molecule has 0 amide bonds. The summed E-state index contributed by atoms with van der Waals surface area (Å²) in [5.41, 5.74) is -2.71. The topological polar surface area (TPSA) is 121 Å². The van der Waals surface area contributed by atoms with Crippen molar-refractivity contribution in [3.8, 4) is 11.6 Å². The monoisotopic (exact) mass is 603 g/mol. The SMILES string of the molecule is COC(=O)C(C)(C)Cn1c(=O)[nH]/c(=N\c2ccc(Oc3cc(C(F)(F)F)ccn3)cc2)n(Cc2ccc(Cl)cc2)c1=O. The second-order valence-electron chi connectivity index (χ2n) is 9.80. The Morgan fingerprint density at radius 3 is 2.31 bits per heavy atom. The fourth-order valence-corrected chi connectivity index (χ4v) is 4.03. The van der Waals surface area contributed by atoms with E-state index in [1.54, 1.807) is 38.1 Å². The minimum atomic E-state index is -4.55. The zero-order chi connectivity index (χ0) is 30.7. The second kappa shape index (κ2) is 12.1. The highest BCUT2D eigenvalue weighted by molar-refractivity contribution is 6.30. The first-order valence-corrected chi connectivity index (χ1v) is 12.8. The molecule has 0 aliphatic rings. The number of benzene rings is 2. The van der Waals surface area contributed by atoms with Crippen LogP contribution in [0.25, 0.3) is 0 Å². The Morgan fingerprint density at radius 1 is 1.02 bits per heavy atom. The highest BCUT2D eigenvalue weighted by atomic mass is 35.5. The van der Waals surface area contributed by atoms with Crippen LogP contribution in [0.4, 0.5) is 18.9 Å². The molecule has 0 aliphatic carbocycles. The summed E-state index contributed by atoms with van der Waals surface area (Å²) in [5.74, 6) is -0.670. The summed E-state index contributed by atoms with van der Waals surface area (Å²) in [7, 11) is 1.21. The van der Waals surface area contributed by atoms with Crippen LogP contribution in [0.5, 0.6) is 11.6 Å². The first kappa shape index (κ1) is 30.3. The predicted molar refractivity (Wildman–Crippen MR) is 147 cm³/mol. The number of rotatable bonds is 8. The molecule has 0 unspecified atom stereocenters. The molecule has 0 radical (unpaired) electrons. The van der Waals surface area contributed by atoms with E-state index >= 15 is 0 Å². The molecule has 4 rings (SSSR count). The number of nitrogens with zero attached hydrogens (tertiary/aromatic N) is 4. The van der Waals surface area contributed by atoms with Gasteiger partial charge in [0.25, 0.3) is 0 Å². The Hall–Kier alpha value is -4.65. The quantitative estimate of drug-likeness (QED) is 0.292. The van der Waals surface area contributed by atoms with E-state index in [9.17, 15) is 27.6 Å². The van der Waals surface area contributed by atoms with Crippen LogP contribution in [0.15, 0.2) is 81.4 Å². The molecule has 10 nitrogen and oxygen atoms in total. The van der Waals surface area contributed by atoms with E-state index in [2.05, 4.69) is 15.0 Å². The number of carbonyl (C=O) groups is 1. The third-order valence-electron chi connectivity index (χ3n) is 6.08. The Bertz CT molecular complexity index is 1780. The van der Waals surface area contributed by atoms with Crippen molar-refractivity contribution < 1.29 is 27.4 Å². The molecule has 0 saturated carbocycles. The number of hydrogen-bond donors (Lipinski definition) is 1. The summed E-state index contributed by atoms with van der Waals surface area (Å²) in [6.45, 7) is 2.84. The minimum Gasteiger partial charge on any atom is -0.469 e. The molecule has 2 aromatic carbocycles. The number of alkyl halides is 3. The summed E-state index contributed by atoms with van der Waals surface area (Å²) in [6.07, 6.45) is -3.56. The van der Waals surface area contributed by atoms with E-state index in [1.807, 2.05) is 0 Å². The van der Waals surface area contributed by atoms with E-state index in [1.165, 1.54) is 35.9 Å². The van der Waals surface area contributed by atoms with Crippen LogP contribution in [-0.2, 0) is 28.8 Å². The molecule has 0 aliphatic heterocycles. The predicted octanol–water partition coefficient (Wildman–Crippen LogP) is 4.68. The van der Waals surface area contributed by atoms with Gasteiger partial charge in [0, 0.05) is 23.8 Å². The number of H-pyrrole nitrogens is 1. The molecule has 0 bridgehead atoms. The molecular weight excluding hydrogens is 579 g/mol. The summed E-state index contributed by atoms with van der Waals surface area (Å²) >= 11 is 5.99. The molecular formula is C28H25ClF3N5O5. The van der Waals surface area contributed by atoms with Crippen molar-refractivity contribution in [1.82, 2.24) is 19.1 Å². The number of hydrogen-bond acceptors (Lipinski definition) is 7. The minimum absolute atomic E-state index is 0.00663. The Labute approximate surface area is 241 Å². The lowest BCUT2D eigenvalue weighted by Crippen LogP contribution is -2.52. The molecule has 42 heavy (non-hydrogen) atoms. The Morgan fingerprint density at radius 2 is 1.69 bits per heavy atom. The number of pyridine rings is 1. The van der Waals surface area contributed by atoms with Gasteiger partial charge in [0.05, 0.1) is 30.3 Å². The Kier molecular flexibility index (Phi) is 8.71. The summed E-state index contributed by atoms with van der Waals surface area (Å²) in [6, 6.07) is 14.2. The number of aromatic nitrogens is 4. The van der Waals surface area contributed by atoms with Crippen molar-refractivity contribution in [3.05, 3.63) is 110 Å². The van der Waals surface area contributed by atoms with Crippen LogP contribution < -0.4 is 21.7 Å². The number of ether oxygens (including phenoxy) is 2. The average Bonchev–Trinajstić information content (AvgIpc) is 2.94. The molecule has 4 aromatic rings. The van der Waals surface area contributed by atoms with Gasteiger partial charge in [0.2, 0.25) is 11.5 Å². The standard InChI is InChI=1S/C28H25ClF3N5O5/c1-27(2,23(38)41-3)16-37-25(39)35-24(36(26(37)40)15-17-4-6-19(29)7-5-17)34-20-8-10-21(11-9-20)42-22-14-18(12-13-33-22)28(30,31)32/h4-14H,15-16H2,1-3H3,(H,34,35,39). The highest BCUT2D eigenvalue weighted by Crippen LogP contribution is 2.32. The molecule has 2 heterocycles. The normalized spacial score (nSPS) is 12.3. The fourth-order valence-electron chi connectivity index (χ4n) is 3.91. The number of carbonyl (C=O) groups excluding carboxylic acids is 1. The smallest absolute Gasteiger partial charge is 0.416 e. The van der Waals surface area contributed by atoms with E-state index in [0.717, 1.165) is 22.9 Å². The van der Waals surface area contributed by atoms with Gasteiger partial charge >= 0.3 is 23.5 Å². The third-order valence-corrected chi connectivity index (χ3v) is 6.33. The summed E-state index contributed by atoms with van der Waals surface area (Å²) in [4.78, 5) is 49.6. The molecule has 220 valence electrons. The van der Waals surface area contributed by atoms with Crippen LogP contribution in [0.1, 0.15) is 25.0 Å². The van der Waals surface area contributed by atoms with Crippen LogP contribution in [0, 0.1) is 5.41 Å². The highest BCUT2D eigenvalue weighted by Gasteiger charge is 2.32. The lowest BCUT2D eigenvalue weighted by molar-refractivity contribution is -0.151. The number of esters is 1. The lowest BCUT2D eigenvalue weighted by atomic mass is 9.94. The maximum atomic E-state index is 13.6. The maximum Gasteiger partial charge on any atom is 0.416 e. The van der Waals surface area contributed by atoms with Crippen LogP contribution in [0.2, 0.25) is 5.02 Å². The summed E-state index contributed by atoms with van der Waals surface area (Å²) < 4.78 is 51.4. The molecule has 14 heteroatoms. The first-order valence-electron chi connectivity index (χ1n) is 12.4. The zero-order valence-electron chi connectivity index (χ0n) is 22.6. The van der Waals surface area contributed by atoms with E-state index in [4.69, 9.17) is 21.1 Å². The van der Waals surface area contributed by atoms with Crippen LogP contribution >= 0.6 is 11.6 Å². The van der Waals surface area contributed by atoms with Gasteiger partial charge in [-0.05, 0) is 61.9 Å². The zero-order valence-corrected chi connectivity index (χ0v) is 23.4. The van der Waals surface area contributed by atoms with Crippen molar-refractivity contribution in [3.63, 3.8) is 0 Å². The van der Waals surface area contributed by atoms with Gasteiger partial charge in [0.1, 0.15) is 5.75 Å². The first-order chi connectivity index (χ1) is 19.8. The average molecular weight is 604 g/mol. The van der Waals surface area contributed by atoms with Crippen molar-refractivity contribution in [2.45, 2.75) is 33.1 Å². The number of aromatic amines is 1. The van der Waals surface area contributed by atoms with Crippen molar-refractivity contribution in [2.75, 3.05) is 7.11 Å². The lowest BCUT2D eigenvalue weighted by Gasteiger charge is -2.22. The maximum absolute atomic E-state index is 13.6. The molecule has 1 N–H and O–H groups in total. The van der Waals surface area contributed by atoms with Crippen LogP contribution in [0.3, 0.4) is 0 Å². The van der Waals surface area contributed by atoms with Gasteiger partial charge in [-0.1, -0.05) is 23.7 Å². The molecule has 2 aromatic heterocycles. The van der Waals surface area contributed by atoms with Gasteiger partial charge in [-0.15, -0.1) is 0 Å². The van der Waals surface area contributed by atoms with Crippen molar-refractivity contribution >= 4 is 23.3 Å². The number of nitrogens with one attached hydrogen (secondary N) is 1. The fraction of sp³-hybridized carbons (Fsp3) is 0.250.